The minimum Gasteiger partial charge on any atom is -0.356 e. The maximum atomic E-state index is 6.15. The molecule has 0 aliphatic carbocycles. The number of piperidine rings is 1. The maximum absolute atomic E-state index is 6.15. The van der Waals surface area contributed by atoms with E-state index in [1.165, 1.54) is 19.3 Å². The Hall–Kier alpha value is -0.800. The number of aromatic nitrogens is 1. The molecule has 1 aliphatic rings. The van der Waals surface area contributed by atoms with E-state index < -0.39 is 0 Å². The van der Waals surface area contributed by atoms with E-state index in [1.54, 1.807) is 6.20 Å². The highest BCUT2D eigenvalue weighted by atomic mass is 35.5. The average molecular weight is 268 g/mol. The molecule has 1 saturated heterocycles. The number of nitrogens with zero attached hydrogens (tertiary/aromatic N) is 2. The van der Waals surface area contributed by atoms with Crippen LogP contribution in [0.3, 0.4) is 0 Å². The molecule has 0 spiro atoms. The fourth-order valence-electron chi connectivity index (χ4n) is 2.57. The molecule has 100 valence electrons. The van der Waals surface area contributed by atoms with Gasteiger partial charge >= 0.3 is 0 Å². The van der Waals surface area contributed by atoms with Gasteiger partial charge in [-0.25, -0.2) is 4.98 Å². The van der Waals surface area contributed by atoms with Crippen molar-refractivity contribution in [2.75, 3.05) is 25.0 Å². The third-order valence-corrected chi connectivity index (χ3v) is 4.05. The summed E-state index contributed by atoms with van der Waals surface area (Å²) in [5.74, 6) is 1.88. The van der Waals surface area contributed by atoms with Crippen LogP contribution >= 0.6 is 11.6 Å². The number of hydrogen-bond donors (Lipinski definition) is 1. The molecule has 1 atom stereocenters. The topological polar surface area (TPSA) is 28.2 Å². The quantitative estimate of drug-likeness (QED) is 0.909. The molecule has 4 heteroatoms. The maximum Gasteiger partial charge on any atom is 0.128 e. The molecule has 1 fully saturated rings. The molecular formula is C14H22ClN3. The van der Waals surface area contributed by atoms with Gasteiger partial charge in [-0.2, -0.15) is 0 Å². The number of halogens is 1. The minimum absolute atomic E-state index is 0.747. The smallest absolute Gasteiger partial charge is 0.128 e. The molecule has 0 radical (unpaired) electrons. The molecule has 1 aromatic heterocycles. The predicted octanol–water partition coefficient (Wildman–Crippen LogP) is 3.08. The van der Waals surface area contributed by atoms with Crippen LogP contribution in [0.1, 0.15) is 31.7 Å². The van der Waals surface area contributed by atoms with E-state index in [0.717, 1.165) is 42.0 Å². The first-order valence-corrected chi connectivity index (χ1v) is 7.16. The summed E-state index contributed by atoms with van der Waals surface area (Å²) in [7, 11) is 1.93. The average Bonchev–Trinajstić information content (AvgIpc) is 2.41. The summed E-state index contributed by atoms with van der Waals surface area (Å²) in [6.45, 7) is 5.31. The van der Waals surface area contributed by atoms with Crippen molar-refractivity contribution in [1.82, 2.24) is 10.3 Å². The van der Waals surface area contributed by atoms with Crippen molar-refractivity contribution < 1.29 is 0 Å². The van der Waals surface area contributed by atoms with Gasteiger partial charge in [0.1, 0.15) is 5.82 Å². The van der Waals surface area contributed by atoms with Crippen LogP contribution in [-0.2, 0) is 6.54 Å². The molecule has 0 bridgehead atoms. The Balaban J connectivity index is 2.14. The standard InChI is InChI=1S/C14H22ClN3/c1-3-11-5-4-6-18(10-11)14-7-12(8-16-2)13(15)9-17-14/h7,9,11,16H,3-6,8,10H2,1-2H3. The lowest BCUT2D eigenvalue weighted by molar-refractivity contribution is 0.403. The van der Waals surface area contributed by atoms with E-state index in [0.29, 0.717) is 0 Å². The lowest BCUT2D eigenvalue weighted by Crippen LogP contribution is -2.35. The SMILES string of the molecule is CCC1CCCN(c2cc(CNC)c(Cl)cn2)C1. The molecule has 1 aromatic rings. The Morgan fingerprint density at radius 2 is 2.39 bits per heavy atom. The molecule has 3 nitrogen and oxygen atoms in total. The molecular weight excluding hydrogens is 246 g/mol. The predicted molar refractivity (Wildman–Crippen MR) is 77.2 cm³/mol. The summed E-state index contributed by atoms with van der Waals surface area (Å²) in [5.41, 5.74) is 1.13. The van der Waals surface area contributed by atoms with Crippen molar-refractivity contribution >= 4 is 17.4 Å². The number of anilines is 1. The van der Waals surface area contributed by atoms with E-state index in [2.05, 4.69) is 28.2 Å². The van der Waals surface area contributed by atoms with Gasteiger partial charge in [-0.05, 0) is 37.4 Å². The Bertz CT molecular complexity index is 395. The van der Waals surface area contributed by atoms with Crippen molar-refractivity contribution in [3.8, 4) is 0 Å². The fraction of sp³-hybridized carbons (Fsp3) is 0.643. The first-order valence-electron chi connectivity index (χ1n) is 6.78. The molecule has 2 rings (SSSR count). The third kappa shape index (κ3) is 3.15. The zero-order valence-electron chi connectivity index (χ0n) is 11.2. The Labute approximate surface area is 115 Å². The highest BCUT2D eigenvalue weighted by molar-refractivity contribution is 6.31. The molecule has 1 unspecified atom stereocenters. The van der Waals surface area contributed by atoms with Crippen LogP contribution in [0.4, 0.5) is 5.82 Å². The van der Waals surface area contributed by atoms with Crippen LogP contribution < -0.4 is 10.2 Å². The summed E-state index contributed by atoms with van der Waals surface area (Å²) in [6, 6.07) is 2.12. The van der Waals surface area contributed by atoms with E-state index in [1.807, 2.05) is 7.05 Å². The Kier molecular flexibility index (Phi) is 4.84. The second-order valence-electron chi connectivity index (χ2n) is 5.03. The Morgan fingerprint density at radius 3 is 3.11 bits per heavy atom. The first-order chi connectivity index (χ1) is 8.74. The van der Waals surface area contributed by atoms with Gasteiger partial charge in [-0.1, -0.05) is 24.9 Å². The molecule has 0 amide bonds. The van der Waals surface area contributed by atoms with Crippen LogP contribution in [-0.4, -0.2) is 25.1 Å². The van der Waals surface area contributed by atoms with Crippen molar-refractivity contribution in [2.45, 2.75) is 32.7 Å². The molecule has 0 aromatic carbocycles. The van der Waals surface area contributed by atoms with E-state index in [4.69, 9.17) is 11.6 Å². The van der Waals surface area contributed by atoms with E-state index >= 15 is 0 Å². The van der Waals surface area contributed by atoms with Gasteiger partial charge < -0.3 is 10.2 Å². The lowest BCUT2D eigenvalue weighted by Gasteiger charge is -2.33. The van der Waals surface area contributed by atoms with E-state index in [9.17, 15) is 0 Å². The lowest BCUT2D eigenvalue weighted by atomic mass is 9.95. The summed E-state index contributed by atoms with van der Waals surface area (Å²) in [5, 5.41) is 3.89. The largest absolute Gasteiger partial charge is 0.356 e. The van der Waals surface area contributed by atoms with Crippen molar-refractivity contribution in [3.63, 3.8) is 0 Å². The van der Waals surface area contributed by atoms with Crippen molar-refractivity contribution in [3.05, 3.63) is 22.8 Å². The fourth-order valence-corrected chi connectivity index (χ4v) is 2.74. The third-order valence-electron chi connectivity index (χ3n) is 3.71. The second kappa shape index (κ2) is 6.39. The zero-order valence-corrected chi connectivity index (χ0v) is 12.0. The monoisotopic (exact) mass is 267 g/mol. The normalized spacial score (nSPS) is 20.2. The Morgan fingerprint density at radius 1 is 1.56 bits per heavy atom. The second-order valence-corrected chi connectivity index (χ2v) is 5.43. The van der Waals surface area contributed by atoms with Gasteiger partial charge in [0.25, 0.3) is 0 Å². The highest BCUT2D eigenvalue weighted by Gasteiger charge is 2.20. The van der Waals surface area contributed by atoms with Crippen LogP contribution in [0.15, 0.2) is 12.3 Å². The number of hydrogen-bond acceptors (Lipinski definition) is 3. The summed E-state index contributed by atoms with van der Waals surface area (Å²) in [4.78, 5) is 6.88. The van der Waals surface area contributed by atoms with Gasteiger partial charge in [0.05, 0.1) is 5.02 Å². The minimum atomic E-state index is 0.747. The first kappa shape index (κ1) is 13.6. The summed E-state index contributed by atoms with van der Waals surface area (Å²) >= 11 is 6.15. The molecule has 2 heterocycles. The molecule has 0 saturated carbocycles. The van der Waals surface area contributed by atoms with Crippen LogP contribution in [0.25, 0.3) is 0 Å². The zero-order chi connectivity index (χ0) is 13.0. The highest BCUT2D eigenvalue weighted by Crippen LogP contribution is 2.26. The molecule has 1 aliphatic heterocycles. The molecule has 1 N–H and O–H groups in total. The summed E-state index contributed by atoms with van der Waals surface area (Å²) in [6.07, 6.45) is 5.65. The van der Waals surface area contributed by atoms with Gasteiger partial charge in [0.2, 0.25) is 0 Å². The van der Waals surface area contributed by atoms with Gasteiger partial charge in [-0.3, -0.25) is 0 Å². The van der Waals surface area contributed by atoms with Gasteiger partial charge in [-0.15, -0.1) is 0 Å². The number of nitrogens with one attached hydrogen (secondary N) is 1. The molecule has 18 heavy (non-hydrogen) atoms. The van der Waals surface area contributed by atoms with E-state index in [-0.39, 0.29) is 0 Å². The van der Waals surface area contributed by atoms with Crippen LogP contribution in [0.2, 0.25) is 5.02 Å². The number of pyridine rings is 1. The van der Waals surface area contributed by atoms with Gasteiger partial charge in [0, 0.05) is 25.8 Å². The number of rotatable bonds is 4. The van der Waals surface area contributed by atoms with Crippen LogP contribution in [0.5, 0.6) is 0 Å². The van der Waals surface area contributed by atoms with Crippen molar-refractivity contribution in [2.24, 2.45) is 5.92 Å². The summed E-state index contributed by atoms with van der Waals surface area (Å²) < 4.78 is 0. The van der Waals surface area contributed by atoms with Crippen molar-refractivity contribution in [1.29, 1.82) is 0 Å². The van der Waals surface area contributed by atoms with Gasteiger partial charge in [0.15, 0.2) is 0 Å². The van der Waals surface area contributed by atoms with Crippen LogP contribution in [0, 0.1) is 5.92 Å².